The van der Waals surface area contributed by atoms with E-state index in [1.807, 2.05) is 62.3 Å². The second kappa shape index (κ2) is 23.2. The summed E-state index contributed by atoms with van der Waals surface area (Å²) in [6, 6.07) is 12.9. The Bertz CT molecular complexity index is 1620. The maximum Gasteiger partial charge on any atom is 0.306 e. The van der Waals surface area contributed by atoms with Crippen LogP contribution >= 0.6 is 0 Å². The Morgan fingerprint density at radius 3 is 1.44 bits per heavy atom. The molecule has 0 saturated heterocycles. The number of carbonyl (C=O) groups excluding carboxylic acids is 7. The molecule has 0 radical (unpaired) electrons. The molecule has 0 atom stereocenters. The van der Waals surface area contributed by atoms with Gasteiger partial charge in [-0.25, -0.2) is 5.90 Å². The minimum absolute atomic E-state index is 0.0409. The Hall–Kier alpha value is -5.07. The second-order valence-electron chi connectivity index (χ2n) is 15.8. The van der Waals surface area contributed by atoms with E-state index in [9.17, 15) is 33.6 Å². The van der Waals surface area contributed by atoms with Gasteiger partial charge in [-0.2, -0.15) is 0 Å². The number of esters is 2. The van der Waals surface area contributed by atoms with Crippen molar-refractivity contribution in [3.8, 4) is 0 Å². The standard InChI is InChI=1S/C16H20N2O4.C8H5NO3.C8H17NO3.C8H16O3/c1-16(2,3)10-13(19)17-8-9-22-18-14(20)11-6-4-5-7-12(11)15(18)21;10-7-5-3-1-2-4-6(5)8(11)9(7)12;1-8(2,3)12-7(10)5-4-6-11-9;1-8(2,3)11-7(10)5-4-6-9/h4-7H,8-10H2,1-3H3,(H,17,19);1-4,12H;4-6,9H2,1-3H3;9H,4-6H2,1-3H3. The fourth-order valence-corrected chi connectivity index (χ4v) is 4.64. The zero-order valence-corrected chi connectivity index (χ0v) is 34.3. The lowest BCUT2D eigenvalue weighted by atomic mass is 9.92. The van der Waals surface area contributed by atoms with Gasteiger partial charge in [-0.15, -0.1) is 10.1 Å². The van der Waals surface area contributed by atoms with E-state index in [-0.39, 0.29) is 59.2 Å². The number of ether oxygens (including phenoxy) is 2. The van der Waals surface area contributed by atoms with Crippen LogP contribution in [0.4, 0.5) is 0 Å². The third kappa shape index (κ3) is 19.1. The predicted octanol–water partition coefficient (Wildman–Crippen LogP) is 4.54. The molecule has 2 aliphatic rings. The number of hydroxylamine groups is 4. The van der Waals surface area contributed by atoms with Crippen LogP contribution in [0.3, 0.4) is 0 Å². The van der Waals surface area contributed by atoms with E-state index in [0.29, 0.717) is 49.8 Å². The Morgan fingerprint density at radius 1 is 0.667 bits per heavy atom. The molecule has 0 bridgehead atoms. The molecule has 57 heavy (non-hydrogen) atoms. The topological polar surface area (TPSA) is 241 Å². The third-order valence-electron chi connectivity index (χ3n) is 6.89. The maximum absolute atomic E-state index is 12.0. The van der Waals surface area contributed by atoms with Crippen LogP contribution in [-0.2, 0) is 33.5 Å². The van der Waals surface area contributed by atoms with Crippen LogP contribution in [0.1, 0.15) is 136 Å². The number of imide groups is 2. The fraction of sp³-hybridized carbons (Fsp3) is 0.525. The molecule has 2 aromatic carbocycles. The van der Waals surface area contributed by atoms with Gasteiger partial charge in [0.15, 0.2) is 0 Å². The maximum atomic E-state index is 12.0. The highest BCUT2D eigenvalue weighted by atomic mass is 16.7. The minimum atomic E-state index is -0.657. The molecule has 2 aliphatic heterocycles. The quantitative estimate of drug-likeness (QED) is 0.0758. The Balaban J connectivity index is 0.000000401. The number of nitrogens with zero attached hydrogens (tertiary/aromatic N) is 2. The highest BCUT2D eigenvalue weighted by molar-refractivity contribution is 6.21. The van der Waals surface area contributed by atoms with Crippen molar-refractivity contribution >= 4 is 41.5 Å². The highest BCUT2D eigenvalue weighted by Crippen LogP contribution is 2.23. The molecule has 2 aromatic rings. The lowest BCUT2D eigenvalue weighted by molar-refractivity contribution is -0.156. The van der Waals surface area contributed by atoms with Crippen molar-refractivity contribution in [2.24, 2.45) is 11.3 Å². The molecule has 17 nitrogen and oxygen atoms in total. The van der Waals surface area contributed by atoms with Crippen LogP contribution in [-0.4, -0.2) is 99.5 Å². The molecule has 0 saturated carbocycles. The van der Waals surface area contributed by atoms with E-state index in [4.69, 9.17) is 30.5 Å². The summed E-state index contributed by atoms with van der Waals surface area (Å²) in [5, 5.41) is 20.9. The van der Waals surface area contributed by atoms with Gasteiger partial charge in [-0.05, 0) is 84.1 Å². The van der Waals surface area contributed by atoms with Gasteiger partial charge < -0.3 is 24.7 Å². The molecular formula is C40H58N4O13. The lowest BCUT2D eigenvalue weighted by Gasteiger charge is -2.19. The summed E-state index contributed by atoms with van der Waals surface area (Å²) in [7, 11) is 0. The van der Waals surface area contributed by atoms with Crippen molar-refractivity contribution in [3.63, 3.8) is 0 Å². The largest absolute Gasteiger partial charge is 0.460 e. The van der Waals surface area contributed by atoms with E-state index in [0.717, 1.165) is 5.06 Å². The smallest absolute Gasteiger partial charge is 0.306 e. The minimum Gasteiger partial charge on any atom is -0.460 e. The first-order valence-electron chi connectivity index (χ1n) is 18.3. The number of carbonyl (C=O) groups is 7. The zero-order valence-electron chi connectivity index (χ0n) is 34.3. The zero-order chi connectivity index (χ0) is 43.6. The number of rotatable bonds is 12. The number of aliphatic hydroxyl groups excluding tert-OH is 1. The monoisotopic (exact) mass is 802 g/mol. The number of nitrogens with two attached hydrogens (primary N) is 1. The van der Waals surface area contributed by atoms with Gasteiger partial charge in [0.05, 0.1) is 35.5 Å². The van der Waals surface area contributed by atoms with Gasteiger partial charge in [0.25, 0.3) is 23.6 Å². The van der Waals surface area contributed by atoms with Crippen LogP contribution < -0.4 is 11.2 Å². The van der Waals surface area contributed by atoms with Gasteiger partial charge in [0.1, 0.15) is 11.2 Å². The summed E-state index contributed by atoms with van der Waals surface area (Å²) in [5.74, 6) is 2.00. The summed E-state index contributed by atoms with van der Waals surface area (Å²) in [6.45, 7) is 17.6. The molecule has 5 amide bonds. The number of nitrogens with one attached hydrogen (secondary N) is 1. The van der Waals surface area contributed by atoms with Crippen LogP contribution in [0.5, 0.6) is 0 Å². The number of benzene rings is 2. The van der Waals surface area contributed by atoms with Crippen molar-refractivity contribution in [3.05, 3.63) is 70.8 Å². The van der Waals surface area contributed by atoms with Crippen molar-refractivity contribution in [2.45, 2.75) is 106 Å². The number of amides is 5. The van der Waals surface area contributed by atoms with E-state index in [1.54, 1.807) is 36.4 Å². The van der Waals surface area contributed by atoms with Crippen molar-refractivity contribution in [1.29, 1.82) is 0 Å². The van der Waals surface area contributed by atoms with E-state index in [1.165, 1.54) is 12.1 Å². The number of fused-ring (bicyclic) bond motifs is 2. The van der Waals surface area contributed by atoms with Crippen molar-refractivity contribution < 1.29 is 63.0 Å². The average Bonchev–Trinajstić information content (AvgIpc) is 3.47. The molecule has 0 aliphatic carbocycles. The van der Waals surface area contributed by atoms with Crippen LogP contribution in [0, 0.1) is 5.41 Å². The van der Waals surface area contributed by atoms with E-state index < -0.39 is 34.8 Å². The third-order valence-corrected chi connectivity index (χ3v) is 6.89. The SMILES string of the molecule is CC(C)(C)CC(=O)NCCON1C(=O)c2ccccc2C1=O.CC(C)(C)OC(=O)CCCO.CC(C)(C)OC(=O)CCCON.O=C1c2ccccc2C(=O)N1O. The van der Waals surface area contributed by atoms with Gasteiger partial charge in [0.2, 0.25) is 5.91 Å². The van der Waals surface area contributed by atoms with Gasteiger partial charge >= 0.3 is 11.9 Å². The number of hydrogen-bond acceptors (Lipinski definition) is 14. The summed E-state index contributed by atoms with van der Waals surface area (Å²) in [6.07, 6.45) is 2.14. The summed E-state index contributed by atoms with van der Waals surface area (Å²) < 4.78 is 10.0. The van der Waals surface area contributed by atoms with E-state index >= 15 is 0 Å². The summed E-state index contributed by atoms with van der Waals surface area (Å²) >= 11 is 0. The first kappa shape index (κ1) is 49.9. The highest BCUT2D eigenvalue weighted by Gasteiger charge is 2.36. The normalized spacial score (nSPS) is 13.3. The molecule has 4 rings (SSSR count). The lowest BCUT2D eigenvalue weighted by Crippen LogP contribution is -2.35. The number of hydrogen-bond donors (Lipinski definition) is 4. The summed E-state index contributed by atoms with van der Waals surface area (Å²) in [5.41, 5.74) is 0.282. The Labute approximate surface area is 333 Å². The molecule has 2 heterocycles. The van der Waals surface area contributed by atoms with Crippen LogP contribution in [0.2, 0.25) is 0 Å². The molecule has 0 unspecified atom stereocenters. The molecule has 0 fully saturated rings. The molecule has 0 spiro atoms. The van der Waals surface area contributed by atoms with Crippen LogP contribution in [0.15, 0.2) is 48.5 Å². The fourth-order valence-electron chi connectivity index (χ4n) is 4.64. The first-order valence-corrected chi connectivity index (χ1v) is 18.3. The van der Waals surface area contributed by atoms with Gasteiger partial charge in [0, 0.05) is 32.4 Å². The van der Waals surface area contributed by atoms with Gasteiger partial charge in [-0.3, -0.25) is 43.6 Å². The van der Waals surface area contributed by atoms with E-state index in [2.05, 4.69) is 10.2 Å². The Morgan fingerprint density at radius 2 is 1.07 bits per heavy atom. The first-order chi connectivity index (χ1) is 26.4. The molecule has 5 N–H and O–H groups in total. The van der Waals surface area contributed by atoms with Gasteiger partial charge in [-0.1, -0.05) is 45.0 Å². The predicted molar refractivity (Wildman–Crippen MR) is 206 cm³/mol. The second-order valence-corrected chi connectivity index (χ2v) is 15.8. The number of aliphatic hydroxyl groups is 1. The summed E-state index contributed by atoms with van der Waals surface area (Å²) in [4.78, 5) is 89.2. The Kier molecular flexibility index (Phi) is 20.4. The van der Waals surface area contributed by atoms with Crippen LogP contribution in [0.25, 0.3) is 0 Å². The molecular weight excluding hydrogens is 744 g/mol. The van der Waals surface area contributed by atoms with Crippen molar-refractivity contribution in [1.82, 2.24) is 15.4 Å². The molecule has 17 heteroatoms. The molecule has 316 valence electrons. The van der Waals surface area contributed by atoms with Crippen molar-refractivity contribution in [2.75, 3.05) is 26.4 Å². The molecule has 0 aromatic heterocycles. The average molecular weight is 803 g/mol.